The van der Waals surface area contributed by atoms with Crippen LogP contribution in [0.5, 0.6) is 11.5 Å². The summed E-state index contributed by atoms with van der Waals surface area (Å²) in [7, 11) is -3.70. The summed E-state index contributed by atoms with van der Waals surface area (Å²) in [6, 6.07) is 14.1. The highest BCUT2D eigenvalue weighted by atomic mass is 32.2. The maximum absolute atomic E-state index is 13.4. The van der Waals surface area contributed by atoms with Gasteiger partial charge in [0, 0.05) is 18.7 Å². The van der Waals surface area contributed by atoms with Gasteiger partial charge in [-0.15, -0.1) is 6.58 Å². The van der Waals surface area contributed by atoms with Crippen molar-refractivity contribution in [3.63, 3.8) is 0 Å². The second-order valence-electron chi connectivity index (χ2n) is 8.82. The Balaban J connectivity index is 1.64. The van der Waals surface area contributed by atoms with Crippen molar-refractivity contribution >= 4 is 15.7 Å². The van der Waals surface area contributed by atoms with Gasteiger partial charge < -0.3 is 18.9 Å². The van der Waals surface area contributed by atoms with E-state index in [-0.39, 0.29) is 42.6 Å². The molecule has 0 bridgehead atoms. The molecule has 1 aliphatic rings. The zero-order valence-electron chi connectivity index (χ0n) is 19.9. The van der Waals surface area contributed by atoms with Gasteiger partial charge in [0.25, 0.3) is 5.91 Å². The molecule has 0 aliphatic carbocycles. The van der Waals surface area contributed by atoms with Gasteiger partial charge in [-0.1, -0.05) is 50.3 Å². The quantitative estimate of drug-likeness (QED) is 0.394. The lowest BCUT2D eigenvalue weighted by molar-refractivity contribution is 0.0758. The SMILES string of the molecule is C=CCN(Cc1cnc(S(=O)(=O)Cc2ccccc2)n1CC(C)C)C(=O)c1ccc2c(c1)OCO2. The molecule has 0 radical (unpaired) electrons. The maximum Gasteiger partial charge on any atom is 0.254 e. The molecule has 35 heavy (non-hydrogen) atoms. The largest absolute Gasteiger partial charge is 0.454 e. The Hall–Kier alpha value is -3.59. The van der Waals surface area contributed by atoms with Crippen LogP contribution in [0, 0.1) is 5.92 Å². The van der Waals surface area contributed by atoms with E-state index in [9.17, 15) is 13.2 Å². The van der Waals surface area contributed by atoms with Crippen molar-refractivity contribution in [3.8, 4) is 11.5 Å². The zero-order chi connectivity index (χ0) is 25.0. The molecule has 3 aromatic rings. The third-order valence-corrected chi connectivity index (χ3v) is 7.13. The lowest BCUT2D eigenvalue weighted by Gasteiger charge is -2.23. The van der Waals surface area contributed by atoms with Crippen LogP contribution in [0.4, 0.5) is 0 Å². The van der Waals surface area contributed by atoms with Crippen LogP contribution in [-0.2, 0) is 28.7 Å². The van der Waals surface area contributed by atoms with Crippen LogP contribution in [0.25, 0.3) is 0 Å². The van der Waals surface area contributed by atoms with Crippen molar-refractivity contribution in [2.75, 3.05) is 13.3 Å². The van der Waals surface area contributed by atoms with Crippen molar-refractivity contribution in [1.29, 1.82) is 0 Å². The minimum absolute atomic E-state index is 0.0131. The maximum atomic E-state index is 13.4. The van der Waals surface area contributed by atoms with E-state index in [1.807, 2.05) is 32.0 Å². The van der Waals surface area contributed by atoms with Gasteiger partial charge in [0.05, 0.1) is 24.2 Å². The average Bonchev–Trinajstić information content (AvgIpc) is 3.45. The molecule has 0 saturated carbocycles. The van der Waals surface area contributed by atoms with E-state index >= 15 is 0 Å². The van der Waals surface area contributed by atoms with Crippen molar-refractivity contribution in [3.05, 3.63) is 84.2 Å². The lowest BCUT2D eigenvalue weighted by atomic mass is 10.1. The number of imidazole rings is 1. The van der Waals surface area contributed by atoms with Gasteiger partial charge in [-0.3, -0.25) is 4.79 Å². The molecule has 184 valence electrons. The summed E-state index contributed by atoms with van der Waals surface area (Å²) >= 11 is 0. The Labute approximate surface area is 205 Å². The highest BCUT2D eigenvalue weighted by molar-refractivity contribution is 7.90. The highest BCUT2D eigenvalue weighted by Crippen LogP contribution is 2.33. The number of benzene rings is 2. The van der Waals surface area contributed by atoms with Crippen molar-refractivity contribution in [1.82, 2.24) is 14.5 Å². The van der Waals surface area contributed by atoms with Gasteiger partial charge in [0.1, 0.15) is 0 Å². The molecule has 0 saturated heterocycles. The number of amides is 1. The second kappa shape index (κ2) is 10.4. The summed E-state index contributed by atoms with van der Waals surface area (Å²) in [6.07, 6.45) is 3.18. The van der Waals surface area contributed by atoms with E-state index in [0.29, 0.717) is 34.9 Å². The molecule has 0 fully saturated rings. The first-order chi connectivity index (χ1) is 16.8. The van der Waals surface area contributed by atoms with Crippen molar-refractivity contribution in [2.45, 2.75) is 37.8 Å². The number of carbonyl (C=O) groups excluding carboxylic acids is 1. The Morgan fingerprint density at radius 1 is 1.17 bits per heavy atom. The third kappa shape index (κ3) is 5.57. The molecule has 9 heteroatoms. The summed E-state index contributed by atoms with van der Waals surface area (Å²) in [5, 5.41) is 0.0131. The van der Waals surface area contributed by atoms with Crippen LogP contribution in [0.2, 0.25) is 0 Å². The minimum atomic E-state index is -3.70. The van der Waals surface area contributed by atoms with Crippen LogP contribution in [0.1, 0.15) is 35.5 Å². The summed E-state index contributed by atoms with van der Waals surface area (Å²) in [5.74, 6) is 0.920. The van der Waals surface area contributed by atoms with Gasteiger partial charge in [0.2, 0.25) is 21.8 Å². The Bertz CT molecular complexity index is 1320. The van der Waals surface area contributed by atoms with Crippen LogP contribution >= 0.6 is 0 Å². The summed E-state index contributed by atoms with van der Waals surface area (Å²) in [5.41, 5.74) is 1.78. The van der Waals surface area contributed by atoms with E-state index in [1.165, 1.54) is 0 Å². The molecule has 0 atom stereocenters. The second-order valence-corrected chi connectivity index (χ2v) is 10.7. The predicted molar refractivity (Wildman–Crippen MR) is 132 cm³/mol. The van der Waals surface area contributed by atoms with Gasteiger partial charge in [0.15, 0.2) is 11.5 Å². The molecule has 1 aliphatic heterocycles. The lowest BCUT2D eigenvalue weighted by Crippen LogP contribution is -2.32. The van der Waals surface area contributed by atoms with E-state index in [1.54, 1.807) is 52.1 Å². The highest BCUT2D eigenvalue weighted by Gasteiger charge is 2.27. The number of sulfone groups is 1. The molecular formula is C26H29N3O5S. The minimum Gasteiger partial charge on any atom is -0.454 e. The van der Waals surface area contributed by atoms with Gasteiger partial charge in [-0.2, -0.15) is 0 Å². The van der Waals surface area contributed by atoms with Crippen LogP contribution in [-0.4, -0.2) is 42.1 Å². The molecule has 0 unspecified atom stereocenters. The molecule has 8 nitrogen and oxygen atoms in total. The van der Waals surface area contributed by atoms with E-state index in [2.05, 4.69) is 11.6 Å². The van der Waals surface area contributed by atoms with E-state index in [0.717, 1.165) is 0 Å². The number of nitrogens with zero attached hydrogens (tertiary/aromatic N) is 3. The zero-order valence-corrected chi connectivity index (χ0v) is 20.7. The van der Waals surface area contributed by atoms with Gasteiger partial charge >= 0.3 is 0 Å². The first-order valence-electron chi connectivity index (χ1n) is 11.4. The Morgan fingerprint density at radius 3 is 2.63 bits per heavy atom. The molecule has 2 aromatic carbocycles. The molecule has 0 spiro atoms. The number of rotatable bonds is 10. The van der Waals surface area contributed by atoms with Gasteiger partial charge in [-0.25, -0.2) is 13.4 Å². The molecule has 4 rings (SSSR count). The number of fused-ring (bicyclic) bond motifs is 1. The fraction of sp³-hybridized carbons (Fsp3) is 0.308. The molecule has 1 aromatic heterocycles. The number of carbonyl (C=O) groups is 1. The number of ether oxygens (including phenoxy) is 2. The van der Waals surface area contributed by atoms with E-state index in [4.69, 9.17) is 9.47 Å². The summed E-state index contributed by atoms with van der Waals surface area (Å²) < 4.78 is 39.0. The molecular weight excluding hydrogens is 466 g/mol. The monoisotopic (exact) mass is 495 g/mol. The van der Waals surface area contributed by atoms with Crippen LogP contribution in [0.3, 0.4) is 0 Å². The number of aromatic nitrogens is 2. The average molecular weight is 496 g/mol. The smallest absolute Gasteiger partial charge is 0.254 e. The van der Waals surface area contributed by atoms with Crippen molar-refractivity contribution in [2.24, 2.45) is 5.92 Å². The number of hydrogen-bond acceptors (Lipinski definition) is 6. The van der Waals surface area contributed by atoms with E-state index < -0.39 is 9.84 Å². The van der Waals surface area contributed by atoms with Crippen molar-refractivity contribution < 1.29 is 22.7 Å². The molecule has 1 amide bonds. The molecule has 0 N–H and O–H groups in total. The first kappa shape index (κ1) is 24.5. The Kier molecular flexibility index (Phi) is 7.25. The third-order valence-electron chi connectivity index (χ3n) is 5.54. The Morgan fingerprint density at radius 2 is 1.91 bits per heavy atom. The fourth-order valence-electron chi connectivity index (χ4n) is 3.97. The predicted octanol–water partition coefficient (Wildman–Crippen LogP) is 4.07. The summed E-state index contributed by atoms with van der Waals surface area (Å²) in [6.45, 7) is 8.85. The topological polar surface area (TPSA) is 90.7 Å². The standard InChI is InChI=1S/C26H29N3O5S/c1-4-12-28(25(30)21-10-11-23-24(13-21)34-18-33-23)16-22-14-27-26(29(22)15-19(2)3)35(31,32)17-20-8-6-5-7-9-20/h4-11,13-14,19H,1,12,15-18H2,2-3H3. The summed E-state index contributed by atoms with van der Waals surface area (Å²) in [4.78, 5) is 19.3. The fourth-order valence-corrected chi connectivity index (χ4v) is 5.47. The number of hydrogen-bond donors (Lipinski definition) is 0. The van der Waals surface area contributed by atoms with Crippen LogP contribution < -0.4 is 9.47 Å². The van der Waals surface area contributed by atoms with Gasteiger partial charge in [-0.05, 0) is 29.7 Å². The van der Waals surface area contributed by atoms with Crippen LogP contribution in [0.15, 0.2) is 72.5 Å². The molecule has 2 heterocycles. The normalized spacial score (nSPS) is 12.7. The first-order valence-corrected chi connectivity index (χ1v) is 13.0.